The normalized spacial score (nSPS) is 14.7. The lowest BCUT2D eigenvalue weighted by atomic mass is 9.93. The molecule has 6 rings (SSSR count). The Kier molecular flexibility index (Phi) is 5.31. The molecule has 0 saturated heterocycles. The summed E-state index contributed by atoms with van der Waals surface area (Å²) in [6, 6.07) is 28.8. The van der Waals surface area contributed by atoms with Gasteiger partial charge in [0.05, 0.1) is 0 Å². The summed E-state index contributed by atoms with van der Waals surface area (Å²) in [5.41, 5.74) is 18.4. The molecule has 35 heavy (non-hydrogen) atoms. The third-order valence-electron chi connectivity index (χ3n) is 7.13. The van der Waals surface area contributed by atoms with Crippen molar-refractivity contribution >= 4 is 27.5 Å². The van der Waals surface area contributed by atoms with Crippen LogP contribution in [0.5, 0.6) is 0 Å². The molecule has 1 heteroatoms. The van der Waals surface area contributed by atoms with Crippen molar-refractivity contribution in [2.75, 3.05) is 0 Å². The number of nitrogens with two attached hydrogens (primary N) is 1. The van der Waals surface area contributed by atoms with Crippen molar-refractivity contribution in [1.82, 2.24) is 0 Å². The van der Waals surface area contributed by atoms with Crippen LogP contribution in [-0.4, -0.2) is 0 Å². The Labute approximate surface area is 206 Å². The highest BCUT2D eigenvalue weighted by atomic mass is 14.5. The number of rotatable bonds is 4. The van der Waals surface area contributed by atoms with Crippen LogP contribution in [0.4, 0.5) is 0 Å². The maximum atomic E-state index is 5.60. The summed E-state index contributed by atoms with van der Waals surface area (Å²) >= 11 is 0. The van der Waals surface area contributed by atoms with Crippen LogP contribution >= 0.6 is 0 Å². The highest BCUT2D eigenvalue weighted by molar-refractivity contribution is 6.17. The van der Waals surface area contributed by atoms with Crippen molar-refractivity contribution < 1.29 is 0 Å². The lowest BCUT2D eigenvalue weighted by Crippen LogP contribution is -1.87. The van der Waals surface area contributed by atoms with Gasteiger partial charge in [-0.2, -0.15) is 0 Å². The van der Waals surface area contributed by atoms with Crippen molar-refractivity contribution in [2.24, 2.45) is 5.73 Å². The molecule has 1 nitrogen and oxygen atoms in total. The van der Waals surface area contributed by atoms with E-state index in [9.17, 15) is 0 Å². The SMILES string of the molecule is C/C=C(\C=C/N)c1ccc(C2=CC=C(c3ccc4c5c(cccc35)-c3ccccc3-4)CC=C2)cc1. The lowest BCUT2D eigenvalue weighted by molar-refractivity contribution is 1.41. The van der Waals surface area contributed by atoms with E-state index in [-0.39, 0.29) is 0 Å². The molecular weight excluding hydrogens is 422 g/mol. The van der Waals surface area contributed by atoms with Gasteiger partial charge in [0.2, 0.25) is 0 Å². The summed E-state index contributed by atoms with van der Waals surface area (Å²) < 4.78 is 0. The molecule has 168 valence electrons. The second kappa shape index (κ2) is 8.77. The molecule has 0 radical (unpaired) electrons. The van der Waals surface area contributed by atoms with Crippen molar-refractivity contribution in [3.63, 3.8) is 0 Å². The Bertz CT molecular complexity index is 1580. The molecule has 0 aromatic heterocycles. The summed E-state index contributed by atoms with van der Waals surface area (Å²) in [6.45, 7) is 2.03. The number of allylic oxidation sites excluding steroid dienone is 9. The van der Waals surface area contributed by atoms with E-state index in [2.05, 4.69) is 109 Å². The molecule has 0 bridgehead atoms. The molecule has 0 aliphatic heterocycles. The fourth-order valence-electron chi connectivity index (χ4n) is 5.43. The van der Waals surface area contributed by atoms with Crippen LogP contribution in [0.2, 0.25) is 0 Å². The van der Waals surface area contributed by atoms with E-state index in [4.69, 9.17) is 5.73 Å². The smallest absolute Gasteiger partial charge is 0.00203 e. The maximum absolute atomic E-state index is 5.60. The zero-order valence-corrected chi connectivity index (χ0v) is 19.8. The van der Waals surface area contributed by atoms with Crippen LogP contribution in [0, 0.1) is 0 Å². The highest BCUT2D eigenvalue weighted by Crippen LogP contribution is 2.48. The van der Waals surface area contributed by atoms with Gasteiger partial charge < -0.3 is 5.73 Å². The Morgan fingerprint density at radius 1 is 0.743 bits per heavy atom. The van der Waals surface area contributed by atoms with Crippen LogP contribution < -0.4 is 5.73 Å². The molecule has 4 aromatic carbocycles. The Balaban J connectivity index is 1.39. The van der Waals surface area contributed by atoms with Crippen molar-refractivity contribution in [1.29, 1.82) is 0 Å². The quantitative estimate of drug-likeness (QED) is 0.273. The predicted molar refractivity (Wildman–Crippen MR) is 152 cm³/mol. The van der Waals surface area contributed by atoms with Gasteiger partial charge in [-0.3, -0.25) is 0 Å². The molecule has 0 spiro atoms. The van der Waals surface area contributed by atoms with E-state index >= 15 is 0 Å². The monoisotopic (exact) mass is 449 g/mol. The maximum Gasteiger partial charge on any atom is -0.00203 e. The van der Waals surface area contributed by atoms with E-state index in [0.29, 0.717) is 0 Å². The van der Waals surface area contributed by atoms with Gasteiger partial charge in [0.1, 0.15) is 0 Å². The predicted octanol–water partition coefficient (Wildman–Crippen LogP) is 8.79. The van der Waals surface area contributed by atoms with Crippen molar-refractivity contribution in [3.05, 3.63) is 138 Å². The average molecular weight is 450 g/mol. The number of benzene rings is 4. The van der Waals surface area contributed by atoms with Gasteiger partial charge in [-0.05, 0) is 92.1 Å². The Morgan fingerprint density at radius 3 is 2.20 bits per heavy atom. The van der Waals surface area contributed by atoms with Crippen LogP contribution in [-0.2, 0) is 0 Å². The van der Waals surface area contributed by atoms with Gasteiger partial charge in [-0.1, -0.05) is 109 Å². The molecule has 0 heterocycles. The minimum absolute atomic E-state index is 0.910. The van der Waals surface area contributed by atoms with Crippen LogP contribution in [0.3, 0.4) is 0 Å². The highest BCUT2D eigenvalue weighted by Gasteiger charge is 2.22. The fraction of sp³-hybridized carbons (Fsp3) is 0.0588. The van der Waals surface area contributed by atoms with Gasteiger partial charge in [-0.15, -0.1) is 0 Å². The van der Waals surface area contributed by atoms with Gasteiger partial charge in [-0.25, -0.2) is 0 Å². The first-order valence-electron chi connectivity index (χ1n) is 12.2. The van der Waals surface area contributed by atoms with Gasteiger partial charge >= 0.3 is 0 Å². The van der Waals surface area contributed by atoms with E-state index < -0.39 is 0 Å². The molecule has 0 saturated carbocycles. The van der Waals surface area contributed by atoms with E-state index in [0.717, 1.165) is 12.0 Å². The van der Waals surface area contributed by atoms with Crippen LogP contribution in [0.25, 0.3) is 49.7 Å². The summed E-state index contributed by atoms with van der Waals surface area (Å²) in [4.78, 5) is 0. The van der Waals surface area contributed by atoms with Crippen molar-refractivity contribution in [3.8, 4) is 22.3 Å². The molecular formula is C34H27N. The topological polar surface area (TPSA) is 26.0 Å². The van der Waals surface area contributed by atoms with Crippen molar-refractivity contribution in [2.45, 2.75) is 13.3 Å². The second-order valence-corrected chi connectivity index (χ2v) is 9.04. The summed E-state index contributed by atoms with van der Waals surface area (Å²) in [7, 11) is 0. The first kappa shape index (κ1) is 21.2. The summed E-state index contributed by atoms with van der Waals surface area (Å²) in [5, 5.41) is 2.72. The molecule has 2 aliphatic carbocycles. The largest absolute Gasteiger partial charge is 0.405 e. The number of fused-ring (bicyclic) bond motifs is 3. The zero-order valence-electron chi connectivity index (χ0n) is 19.8. The number of hydrogen-bond acceptors (Lipinski definition) is 1. The van der Waals surface area contributed by atoms with Gasteiger partial charge in [0.25, 0.3) is 0 Å². The first-order chi connectivity index (χ1) is 17.3. The van der Waals surface area contributed by atoms with Gasteiger partial charge in [0, 0.05) is 0 Å². The standard InChI is InChI=1S/C34H27N/c1-2-23(21-22-35)25-13-15-26(16-14-25)24-7-5-8-27(18-17-24)28-19-20-33-30-10-4-3-9-29(30)32-12-6-11-31(28)34(32)33/h2-7,9-22H,8,35H2,1H3/b22-21-,23-2+. The van der Waals surface area contributed by atoms with E-state index in [1.165, 1.54) is 60.9 Å². The van der Waals surface area contributed by atoms with E-state index in [1.807, 2.05) is 13.0 Å². The van der Waals surface area contributed by atoms with Gasteiger partial charge in [0.15, 0.2) is 0 Å². The third kappa shape index (κ3) is 3.57. The molecule has 2 N–H and O–H groups in total. The minimum Gasteiger partial charge on any atom is -0.405 e. The Morgan fingerprint density at radius 2 is 1.46 bits per heavy atom. The molecule has 0 unspecified atom stereocenters. The zero-order chi connectivity index (χ0) is 23.8. The molecule has 2 aliphatic rings. The molecule has 0 atom stereocenters. The van der Waals surface area contributed by atoms with E-state index in [1.54, 1.807) is 6.20 Å². The summed E-state index contributed by atoms with van der Waals surface area (Å²) in [6.07, 6.45) is 15.6. The summed E-state index contributed by atoms with van der Waals surface area (Å²) in [5.74, 6) is 0. The third-order valence-corrected chi connectivity index (χ3v) is 7.13. The lowest BCUT2D eigenvalue weighted by Gasteiger charge is -2.11. The fourth-order valence-corrected chi connectivity index (χ4v) is 5.43. The molecule has 0 amide bonds. The van der Waals surface area contributed by atoms with Crippen LogP contribution in [0.15, 0.2) is 122 Å². The minimum atomic E-state index is 0.910. The van der Waals surface area contributed by atoms with Crippen LogP contribution in [0.1, 0.15) is 30.0 Å². The second-order valence-electron chi connectivity index (χ2n) is 9.04. The molecule has 0 fully saturated rings. The number of hydrogen-bond donors (Lipinski definition) is 1. The first-order valence-corrected chi connectivity index (χ1v) is 12.2. The Hall–Kier alpha value is -4.36. The average Bonchev–Trinajstić information content (AvgIpc) is 3.06. The molecule has 4 aromatic rings.